The van der Waals surface area contributed by atoms with Crippen molar-refractivity contribution >= 4 is 52.1 Å². The van der Waals surface area contributed by atoms with Crippen molar-refractivity contribution in [3.8, 4) is 5.69 Å². The molecule has 0 saturated carbocycles. The molecule has 0 spiro atoms. The van der Waals surface area contributed by atoms with Gasteiger partial charge in [0.2, 0.25) is 0 Å². The molecule has 0 bridgehead atoms. The Morgan fingerprint density at radius 3 is 2.69 bits per heavy atom. The number of halogens is 1. The third-order valence-corrected chi connectivity index (χ3v) is 4.62. The lowest BCUT2D eigenvalue weighted by atomic mass is 10.3. The molecule has 0 aliphatic heterocycles. The SMILES string of the molecule is CNC(=O)c1nn(-c2cccc(Cl)c2)sc1=NC(=S)Nc1ccccc1. The zero-order chi connectivity index (χ0) is 18.5. The van der Waals surface area contributed by atoms with E-state index in [9.17, 15) is 4.79 Å². The molecule has 1 amide bonds. The number of nitrogens with zero attached hydrogens (tertiary/aromatic N) is 3. The van der Waals surface area contributed by atoms with Gasteiger partial charge in [0, 0.05) is 17.8 Å². The molecule has 0 radical (unpaired) electrons. The Balaban J connectivity index is 1.99. The zero-order valence-corrected chi connectivity index (χ0v) is 16.0. The zero-order valence-electron chi connectivity index (χ0n) is 13.6. The number of amides is 1. The van der Waals surface area contributed by atoms with Crippen LogP contribution in [0.5, 0.6) is 0 Å². The molecule has 26 heavy (non-hydrogen) atoms. The summed E-state index contributed by atoms with van der Waals surface area (Å²) >= 11 is 12.5. The molecule has 1 aromatic heterocycles. The maximum atomic E-state index is 12.2. The van der Waals surface area contributed by atoms with E-state index >= 15 is 0 Å². The summed E-state index contributed by atoms with van der Waals surface area (Å²) < 4.78 is 1.98. The van der Waals surface area contributed by atoms with Gasteiger partial charge in [0.05, 0.1) is 5.69 Å². The topological polar surface area (TPSA) is 71.3 Å². The third kappa shape index (κ3) is 4.34. The molecule has 3 rings (SSSR count). The van der Waals surface area contributed by atoms with E-state index in [0.29, 0.717) is 9.69 Å². The van der Waals surface area contributed by atoms with Crippen molar-refractivity contribution in [3.63, 3.8) is 0 Å². The maximum Gasteiger partial charge on any atom is 0.274 e. The Morgan fingerprint density at radius 1 is 1.23 bits per heavy atom. The Labute approximate surface area is 164 Å². The van der Waals surface area contributed by atoms with E-state index in [2.05, 4.69) is 20.7 Å². The van der Waals surface area contributed by atoms with E-state index in [0.717, 1.165) is 11.4 Å². The second kappa shape index (κ2) is 8.22. The van der Waals surface area contributed by atoms with E-state index in [4.69, 9.17) is 23.8 Å². The molecule has 2 aromatic carbocycles. The van der Waals surface area contributed by atoms with Gasteiger partial charge in [-0.3, -0.25) is 4.79 Å². The summed E-state index contributed by atoms with van der Waals surface area (Å²) in [5.41, 5.74) is 1.74. The summed E-state index contributed by atoms with van der Waals surface area (Å²) in [6.07, 6.45) is 0. The summed E-state index contributed by atoms with van der Waals surface area (Å²) in [5.74, 6) is -0.344. The number of carbonyl (C=O) groups is 1. The molecule has 0 saturated heterocycles. The summed E-state index contributed by atoms with van der Waals surface area (Å²) in [4.78, 5) is 16.5. The van der Waals surface area contributed by atoms with Crippen molar-refractivity contribution in [1.82, 2.24) is 14.5 Å². The second-order valence-electron chi connectivity index (χ2n) is 5.08. The minimum Gasteiger partial charge on any atom is -0.354 e. The van der Waals surface area contributed by atoms with Gasteiger partial charge in [-0.15, -0.1) is 5.10 Å². The first-order valence-corrected chi connectivity index (χ1v) is 9.12. The molecule has 0 atom stereocenters. The van der Waals surface area contributed by atoms with Crippen molar-refractivity contribution in [2.45, 2.75) is 0 Å². The molecule has 0 aliphatic rings. The molecule has 0 fully saturated rings. The normalized spacial score (nSPS) is 11.2. The highest BCUT2D eigenvalue weighted by Crippen LogP contribution is 2.15. The first-order chi connectivity index (χ1) is 12.6. The lowest BCUT2D eigenvalue weighted by molar-refractivity contribution is 0.0956. The van der Waals surface area contributed by atoms with E-state index in [1.54, 1.807) is 16.2 Å². The van der Waals surface area contributed by atoms with E-state index < -0.39 is 0 Å². The summed E-state index contributed by atoms with van der Waals surface area (Å²) in [5, 5.41) is 10.7. The molecule has 1 heterocycles. The van der Waals surface area contributed by atoms with Gasteiger partial charge < -0.3 is 10.6 Å². The number of hydrogen-bond acceptors (Lipinski definition) is 4. The molecule has 0 unspecified atom stereocenters. The van der Waals surface area contributed by atoms with Gasteiger partial charge in [0.15, 0.2) is 15.5 Å². The fourth-order valence-corrected chi connectivity index (χ4v) is 3.39. The average molecular weight is 404 g/mol. The number of carbonyl (C=O) groups excluding carboxylic acids is 1. The fraction of sp³-hybridized carbons (Fsp3) is 0.0588. The Bertz CT molecular complexity index is 1010. The quantitative estimate of drug-likeness (QED) is 0.658. The third-order valence-electron chi connectivity index (χ3n) is 3.27. The molecule has 132 valence electrons. The Morgan fingerprint density at radius 2 is 2.00 bits per heavy atom. The molecule has 2 N–H and O–H groups in total. The highest BCUT2D eigenvalue weighted by Gasteiger charge is 2.15. The number of para-hydroxylation sites is 1. The second-order valence-corrected chi connectivity index (χ2v) is 6.82. The fourth-order valence-electron chi connectivity index (χ4n) is 2.08. The van der Waals surface area contributed by atoms with Gasteiger partial charge in [-0.2, -0.15) is 4.07 Å². The monoisotopic (exact) mass is 403 g/mol. The summed E-state index contributed by atoms with van der Waals surface area (Å²) in [7, 11) is 1.54. The number of benzene rings is 2. The molecule has 9 heteroatoms. The summed E-state index contributed by atoms with van der Waals surface area (Å²) in [6.45, 7) is 0. The van der Waals surface area contributed by atoms with Gasteiger partial charge in [0.25, 0.3) is 5.91 Å². The molecule has 0 aliphatic carbocycles. The van der Waals surface area contributed by atoms with Crippen molar-refractivity contribution in [1.29, 1.82) is 0 Å². The average Bonchev–Trinajstić information content (AvgIpc) is 3.05. The first-order valence-electron chi connectivity index (χ1n) is 7.56. The number of anilines is 1. The van der Waals surface area contributed by atoms with E-state index in [-0.39, 0.29) is 16.7 Å². The van der Waals surface area contributed by atoms with E-state index in [1.807, 2.05) is 42.5 Å². The van der Waals surface area contributed by atoms with Crippen LogP contribution in [0.2, 0.25) is 5.02 Å². The largest absolute Gasteiger partial charge is 0.354 e. The van der Waals surface area contributed by atoms with Crippen LogP contribution in [-0.4, -0.2) is 27.2 Å². The van der Waals surface area contributed by atoms with Gasteiger partial charge in [-0.25, -0.2) is 4.99 Å². The van der Waals surface area contributed by atoms with Gasteiger partial charge >= 0.3 is 0 Å². The maximum absolute atomic E-state index is 12.2. The highest BCUT2D eigenvalue weighted by molar-refractivity contribution is 7.80. The lowest BCUT2D eigenvalue weighted by Crippen LogP contribution is -2.25. The van der Waals surface area contributed by atoms with Crippen LogP contribution >= 0.6 is 35.4 Å². The molecule has 3 aromatic rings. The van der Waals surface area contributed by atoms with Crippen molar-refractivity contribution < 1.29 is 4.79 Å². The Hall–Kier alpha value is -2.55. The minimum atomic E-state index is -0.344. The minimum absolute atomic E-state index is 0.190. The summed E-state index contributed by atoms with van der Waals surface area (Å²) in [6, 6.07) is 16.6. The highest BCUT2D eigenvalue weighted by atomic mass is 35.5. The number of nitrogens with one attached hydrogen (secondary N) is 2. The lowest BCUT2D eigenvalue weighted by Gasteiger charge is -2.02. The van der Waals surface area contributed by atoms with Gasteiger partial charge in [-0.1, -0.05) is 35.9 Å². The van der Waals surface area contributed by atoms with Crippen LogP contribution in [0.25, 0.3) is 5.69 Å². The number of thiocarbonyl (C=S) groups is 1. The van der Waals surface area contributed by atoms with Gasteiger partial charge in [0.1, 0.15) is 0 Å². The number of aromatic nitrogens is 2. The van der Waals surface area contributed by atoms with Crippen molar-refractivity contribution in [2.24, 2.45) is 4.99 Å². The van der Waals surface area contributed by atoms with Crippen LogP contribution in [0, 0.1) is 0 Å². The Kier molecular flexibility index (Phi) is 5.77. The molecular formula is C17H14ClN5OS2. The molecular weight excluding hydrogens is 390 g/mol. The van der Waals surface area contributed by atoms with E-state index in [1.165, 1.54) is 18.6 Å². The molecule has 6 nitrogen and oxygen atoms in total. The van der Waals surface area contributed by atoms with Crippen molar-refractivity contribution in [3.05, 3.63) is 70.0 Å². The van der Waals surface area contributed by atoms with Crippen LogP contribution in [-0.2, 0) is 0 Å². The van der Waals surface area contributed by atoms with Gasteiger partial charge in [-0.05, 0) is 54.1 Å². The smallest absolute Gasteiger partial charge is 0.274 e. The van der Waals surface area contributed by atoms with Crippen LogP contribution < -0.4 is 15.3 Å². The van der Waals surface area contributed by atoms with Crippen LogP contribution in [0.15, 0.2) is 59.6 Å². The van der Waals surface area contributed by atoms with Crippen LogP contribution in [0.3, 0.4) is 0 Å². The first kappa shape index (κ1) is 18.2. The van der Waals surface area contributed by atoms with Crippen molar-refractivity contribution in [2.75, 3.05) is 12.4 Å². The predicted molar refractivity (Wildman–Crippen MR) is 108 cm³/mol. The predicted octanol–water partition coefficient (Wildman–Crippen LogP) is 3.24. The number of rotatable bonds is 3. The number of hydrogen-bond donors (Lipinski definition) is 2. The van der Waals surface area contributed by atoms with Crippen LogP contribution in [0.1, 0.15) is 10.5 Å². The standard InChI is InChI=1S/C17H14ClN5OS2/c1-19-15(24)14-16(21-17(25)20-12-7-3-2-4-8-12)26-23(22-14)13-9-5-6-11(18)10-13/h2-10H,1H3,(H,19,24)(H,20,25). The van der Waals surface area contributed by atoms with Crippen LogP contribution in [0.4, 0.5) is 5.69 Å².